The molecule has 0 fully saturated rings. The zero-order valence-electron chi connectivity index (χ0n) is 52.1. The number of esters is 3. The lowest BCUT2D eigenvalue weighted by atomic mass is 10.0. The molecule has 0 bridgehead atoms. The third-order valence-electron chi connectivity index (χ3n) is 16.4. The second-order valence-corrected chi connectivity index (χ2v) is 24.2. The smallest absolute Gasteiger partial charge is 0.306 e. The van der Waals surface area contributed by atoms with Crippen molar-refractivity contribution in [1.82, 2.24) is 0 Å². The monoisotopic (exact) mass is 1070 g/mol. The first-order chi connectivity index (χ1) is 37.5. The molecule has 0 saturated heterocycles. The van der Waals surface area contributed by atoms with Crippen LogP contribution in [0.25, 0.3) is 0 Å². The Morgan fingerprint density at radius 1 is 0.211 bits per heavy atom. The fourth-order valence-corrected chi connectivity index (χ4v) is 11.1. The lowest BCUT2D eigenvalue weighted by molar-refractivity contribution is -0.167. The Kier molecular flexibility index (Phi) is 64.5. The molecule has 1 unspecified atom stereocenters. The second kappa shape index (κ2) is 65.9. The van der Waals surface area contributed by atoms with Gasteiger partial charge in [0, 0.05) is 19.3 Å². The number of carbonyl (C=O) groups is 3. The Balaban J connectivity index is 4.14. The minimum Gasteiger partial charge on any atom is -0.462 e. The number of unbranched alkanes of at least 4 members (excludes halogenated alkanes) is 55. The Hall–Kier alpha value is -1.59. The first kappa shape index (κ1) is 74.4. The second-order valence-electron chi connectivity index (χ2n) is 24.2. The predicted molar refractivity (Wildman–Crippen MR) is 330 cm³/mol. The average Bonchev–Trinajstić information content (AvgIpc) is 3.42. The van der Waals surface area contributed by atoms with E-state index in [2.05, 4.69) is 20.8 Å². The van der Waals surface area contributed by atoms with Crippen LogP contribution in [0.2, 0.25) is 0 Å². The van der Waals surface area contributed by atoms with Crippen molar-refractivity contribution in [2.24, 2.45) is 0 Å². The third kappa shape index (κ3) is 63.2. The van der Waals surface area contributed by atoms with E-state index in [1.807, 2.05) is 0 Å². The van der Waals surface area contributed by atoms with E-state index in [4.69, 9.17) is 14.2 Å². The maximum atomic E-state index is 12.9. The van der Waals surface area contributed by atoms with E-state index in [0.29, 0.717) is 19.3 Å². The molecule has 0 saturated carbocycles. The van der Waals surface area contributed by atoms with Crippen molar-refractivity contribution in [3.05, 3.63) is 0 Å². The minimum absolute atomic E-state index is 0.0603. The largest absolute Gasteiger partial charge is 0.462 e. The molecular formula is C70H136O6. The normalized spacial score (nSPS) is 11.9. The molecule has 0 heterocycles. The molecule has 0 amide bonds. The average molecular weight is 1070 g/mol. The maximum absolute atomic E-state index is 12.9. The third-order valence-corrected chi connectivity index (χ3v) is 16.4. The van der Waals surface area contributed by atoms with Gasteiger partial charge < -0.3 is 14.2 Å². The van der Waals surface area contributed by atoms with Crippen LogP contribution in [0.5, 0.6) is 0 Å². The molecule has 0 spiro atoms. The van der Waals surface area contributed by atoms with Crippen LogP contribution in [0.1, 0.15) is 412 Å². The SMILES string of the molecule is CCCCCCCCCCCCCCCCCCCCCCCCCCCCCCC(=O)OCC(COC(=O)CCCCCCCCCCCCCCCCC)OC(=O)CCCCCCCCCCCCCCCCC. The molecule has 0 aromatic rings. The summed E-state index contributed by atoms with van der Waals surface area (Å²) in [5, 5.41) is 0. The topological polar surface area (TPSA) is 78.9 Å². The number of ether oxygens (including phenoxy) is 3. The van der Waals surface area contributed by atoms with Crippen molar-refractivity contribution in [3.63, 3.8) is 0 Å². The summed E-state index contributed by atoms with van der Waals surface area (Å²) < 4.78 is 17.0. The molecule has 452 valence electrons. The molecule has 0 aliphatic rings. The lowest BCUT2D eigenvalue weighted by Crippen LogP contribution is -2.30. The van der Waals surface area contributed by atoms with Crippen LogP contribution in [-0.4, -0.2) is 37.2 Å². The van der Waals surface area contributed by atoms with E-state index in [1.54, 1.807) is 0 Å². The van der Waals surface area contributed by atoms with Crippen molar-refractivity contribution in [1.29, 1.82) is 0 Å². The molecular weight excluding hydrogens is 937 g/mol. The lowest BCUT2D eigenvalue weighted by Gasteiger charge is -2.18. The standard InChI is InChI=1S/C70H136O6/c1-4-7-10-13-16-19-22-25-28-29-30-31-32-33-34-35-36-37-38-39-40-43-45-48-51-54-57-60-63-69(72)75-66-67(76-70(73)64-61-58-55-52-49-46-42-27-24-21-18-15-12-9-6-3)65-74-68(71)62-59-56-53-50-47-44-41-26-23-20-17-14-11-8-5-2/h67H,4-66H2,1-3H3. The Morgan fingerprint density at radius 3 is 0.526 bits per heavy atom. The molecule has 76 heavy (non-hydrogen) atoms. The zero-order chi connectivity index (χ0) is 55.0. The van der Waals surface area contributed by atoms with Crippen molar-refractivity contribution in [3.8, 4) is 0 Å². The fourth-order valence-electron chi connectivity index (χ4n) is 11.1. The van der Waals surface area contributed by atoms with Gasteiger partial charge in [-0.15, -0.1) is 0 Å². The highest BCUT2D eigenvalue weighted by molar-refractivity contribution is 5.71. The Bertz CT molecular complexity index is 1140. The zero-order valence-corrected chi connectivity index (χ0v) is 52.1. The molecule has 0 aromatic carbocycles. The number of carbonyl (C=O) groups excluding carboxylic acids is 3. The quantitative estimate of drug-likeness (QED) is 0.0343. The highest BCUT2D eigenvalue weighted by atomic mass is 16.6. The number of rotatable bonds is 66. The molecule has 1 atom stereocenters. The first-order valence-electron chi connectivity index (χ1n) is 35.0. The van der Waals surface area contributed by atoms with Crippen molar-refractivity contribution in [2.75, 3.05) is 13.2 Å². The van der Waals surface area contributed by atoms with Crippen LogP contribution in [0.3, 0.4) is 0 Å². The van der Waals surface area contributed by atoms with E-state index in [-0.39, 0.29) is 31.1 Å². The van der Waals surface area contributed by atoms with E-state index < -0.39 is 6.10 Å². The van der Waals surface area contributed by atoms with E-state index >= 15 is 0 Å². The van der Waals surface area contributed by atoms with Gasteiger partial charge in [0.1, 0.15) is 13.2 Å². The van der Waals surface area contributed by atoms with Gasteiger partial charge in [-0.2, -0.15) is 0 Å². The van der Waals surface area contributed by atoms with E-state index in [0.717, 1.165) is 57.8 Å². The van der Waals surface area contributed by atoms with Gasteiger partial charge in [-0.25, -0.2) is 0 Å². The van der Waals surface area contributed by atoms with Gasteiger partial charge in [0.25, 0.3) is 0 Å². The molecule has 0 aromatic heterocycles. The summed E-state index contributed by atoms with van der Waals surface area (Å²) in [5.41, 5.74) is 0. The van der Waals surface area contributed by atoms with Gasteiger partial charge in [-0.1, -0.05) is 374 Å². The van der Waals surface area contributed by atoms with Gasteiger partial charge in [-0.05, 0) is 19.3 Å². The summed E-state index contributed by atoms with van der Waals surface area (Å²) in [6, 6.07) is 0. The van der Waals surface area contributed by atoms with Gasteiger partial charge >= 0.3 is 17.9 Å². The van der Waals surface area contributed by atoms with Gasteiger partial charge in [-0.3, -0.25) is 14.4 Å². The van der Waals surface area contributed by atoms with Crippen molar-refractivity contribution >= 4 is 17.9 Å². The van der Waals surface area contributed by atoms with Crippen LogP contribution in [0, 0.1) is 0 Å². The molecule has 6 nitrogen and oxygen atoms in total. The van der Waals surface area contributed by atoms with Crippen molar-refractivity contribution < 1.29 is 28.6 Å². The predicted octanol–water partition coefficient (Wildman–Crippen LogP) is 23.8. The summed E-state index contributed by atoms with van der Waals surface area (Å²) in [7, 11) is 0. The molecule has 0 rings (SSSR count). The molecule has 0 N–H and O–H groups in total. The molecule has 0 aliphatic heterocycles. The number of hydrogen-bond donors (Lipinski definition) is 0. The Morgan fingerprint density at radius 2 is 0.355 bits per heavy atom. The van der Waals surface area contributed by atoms with Crippen LogP contribution in [0.15, 0.2) is 0 Å². The molecule has 0 radical (unpaired) electrons. The van der Waals surface area contributed by atoms with E-state index in [9.17, 15) is 14.4 Å². The van der Waals surface area contributed by atoms with Crippen LogP contribution in [-0.2, 0) is 28.6 Å². The summed E-state index contributed by atoms with van der Waals surface area (Å²) in [4.78, 5) is 38.4. The van der Waals surface area contributed by atoms with Gasteiger partial charge in [0.15, 0.2) is 6.10 Å². The molecule has 0 aliphatic carbocycles. The van der Waals surface area contributed by atoms with E-state index in [1.165, 1.54) is 315 Å². The maximum Gasteiger partial charge on any atom is 0.306 e. The number of hydrogen-bond acceptors (Lipinski definition) is 6. The fraction of sp³-hybridized carbons (Fsp3) is 0.957. The van der Waals surface area contributed by atoms with Gasteiger partial charge in [0.05, 0.1) is 0 Å². The van der Waals surface area contributed by atoms with Crippen molar-refractivity contribution in [2.45, 2.75) is 419 Å². The summed E-state index contributed by atoms with van der Waals surface area (Å²) in [6.07, 6.45) is 77.1. The summed E-state index contributed by atoms with van der Waals surface area (Å²) in [6.45, 7) is 6.74. The highest BCUT2D eigenvalue weighted by Gasteiger charge is 2.19. The molecule has 6 heteroatoms. The minimum atomic E-state index is -0.763. The first-order valence-corrected chi connectivity index (χ1v) is 35.0. The van der Waals surface area contributed by atoms with Crippen LogP contribution < -0.4 is 0 Å². The highest BCUT2D eigenvalue weighted by Crippen LogP contribution is 2.19. The van der Waals surface area contributed by atoms with Crippen LogP contribution >= 0.6 is 0 Å². The van der Waals surface area contributed by atoms with Crippen LogP contribution in [0.4, 0.5) is 0 Å². The van der Waals surface area contributed by atoms with Gasteiger partial charge in [0.2, 0.25) is 0 Å². The summed E-state index contributed by atoms with van der Waals surface area (Å²) in [5.74, 6) is -0.822. The summed E-state index contributed by atoms with van der Waals surface area (Å²) >= 11 is 0. The Labute approximate surface area is 476 Å².